The van der Waals surface area contributed by atoms with E-state index in [4.69, 9.17) is 4.52 Å². The molecule has 0 unspecified atom stereocenters. The monoisotopic (exact) mass is 262 g/mol. The third kappa shape index (κ3) is 3.19. The Balaban J connectivity index is 1.94. The fourth-order valence-electron chi connectivity index (χ4n) is 1.87. The molecule has 2 rings (SSSR count). The summed E-state index contributed by atoms with van der Waals surface area (Å²) in [4.78, 5) is 11.8. The van der Waals surface area contributed by atoms with Crippen LogP contribution in [0.1, 0.15) is 23.4 Å². The summed E-state index contributed by atoms with van der Waals surface area (Å²) >= 11 is 0. The van der Waals surface area contributed by atoms with Crippen LogP contribution in [0.2, 0.25) is 0 Å². The summed E-state index contributed by atoms with van der Waals surface area (Å²) < 4.78 is 18.4. The van der Waals surface area contributed by atoms with Gasteiger partial charge in [-0.15, -0.1) is 0 Å². The number of hydrogen-bond donors (Lipinski definition) is 1. The number of carbonyl (C=O) groups excluding carboxylic acids is 1. The predicted octanol–water partition coefficient (Wildman–Crippen LogP) is 3.00. The maximum atomic E-state index is 13.4. The number of nitrogens with zero attached hydrogens (tertiary/aromatic N) is 1. The lowest BCUT2D eigenvalue weighted by Crippen LogP contribution is -2.13. The van der Waals surface area contributed by atoms with E-state index < -0.39 is 5.82 Å². The largest absolute Gasteiger partial charge is 0.361 e. The van der Waals surface area contributed by atoms with Gasteiger partial charge in [0.1, 0.15) is 11.6 Å². The van der Waals surface area contributed by atoms with Crippen molar-refractivity contribution in [2.45, 2.75) is 26.7 Å². The molecule has 1 heterocycles. The second-order valence-electron chi connectivity index (χ2n) is 4.33. The third-order valence-electron chi connectivity index (χ3n) is 2.93. The summed E-state index contributed by atoms with van der Waals surface area (Å²) in [6.45, 7) is 3.64. The Morgan fingerprint density at radius 2 is 2.11 bits per heavy atom. The molecule has 0 atom stereocenters. The van der Waals surface area contributed by atoms with Crippen molar-refractivity contribution in [2.75, 3.05) is 5.32 Å². The molecule has 5 heteroatoms. The normalized spacial score (nSPS) is 10.5. The average Bonchev–Trinajstić information content (AvgIpc) is 2.70. The predicted molar refractivity (Wildman–Crippen MR) is 69.3 cm³/mol. The quantitative estimate of drug-likeness (QED) is 0.921. The highest BCUT2D eigenvalue weighted by Crippen LogP contribution is 2.16. The molecule has 1 amide bonds. The number of aryl methyl sites for hydroxylation is 2. The molecule has 4 nitrogen and oxygen atoms in total. The number of hydrogen-bond acceptors (Lipinski definition) is 3. The summed E-state index contributed by atoms with van der Waals surface area (Å²) in [7, 11) is 0. The van der Waals surface area contributed by atoms with Crippen LogP contribution in [-0.4, -0.2) is 11.1 Å². The van der Waals surface area contributed by atoms with Crippen molar-refractivity contribution in [1.29, 1.82) is 0 Å². The van der Waals surface area contributed by atoms with Crippen LogP contribution in [0.3, 0.4) is 0 Å². The third-order valence-corrected chi connectivity index (χ3v) is 2.93. The molecular weight excluding hydrogens is 247 g/mol. The Kier molecular flexibility index (Phi) is 3.94. The van der Waals surface area contributed by atoms with E-state index in [2.05, 4.69) is 10.5 Å². The van der Waals surface area contributed by atoms with Crippen LogP contribution in [0, 0.1) is 19.7 Å². The first-order chi connectivity index (χ1) is 9.08. The van der Waals surface area contributed by atoms with E-state index in [1.54, 1.807) is 12.1 Å². The molecule has 0 spiro atoms. The smallest absolute Gasteiger partial charge is 0.224 e. The molecule has 100 valence electrons. The van der Waals surface area contributed by atoms with Crippen LogP contribution in [-0.2, 0) is 11.2 Å². The number of halogens is 1. The van der Waals surface area contributed by atoms with Crippen molar-refractivity contribution >= 4 is 11.6 Å². The number of amides is 1. The minimum Gasteiger partial charge on any atom is -0.361 e. The van der Waals surface area contributed by atoms with Crippen LogP contribution in [0.5, 0.6) is 0 Å². The van der Waals surface area contributed by atoms with E-state index in [1.165, 1.54) is 12.1 Å². The maximum Gasteiger partial charge on any atom is 0.224 e. The zero-order valence-electron chi connectivity index (χ0n) is 10.9. The van der Waals surface area contributed by atoms with Crippen LogP contribution >= 0.6 is 0 Å². The lowest BCUT2D eigenvalue weighted by molar-refractivity contribution is -0.116. The van der Waals surface area contributed by atoms with Crippen molar-refractivity contribution in [3.63, 3.8) is 0 Å². The van der Waals surface area contributed by atoms with Gasteiger partial charge in [-0.05, 0) is 32.4 Å². The van der Waals surface area contributed by atoms with Gasteiger partial charge >= 0.3 is 0 Å². The molecule has 1 N–H and O–H groups in total. The first kappa shape index (κ1) is 13.3. The van der Waals surface area contributed by atoms with E-state index in [9.17, 15) is 9.18 Å². The van der Waals surface area contributed by atoms with Gasteiger partial charge in [-0.3, -0.25) is 4.79 Å². The second-order valence-corrected chi connectivity index (χ2v) is 4.33. The number of para-hydroxylation sites is 1. The van der Waals surface area contributed by atoms with Crippen LogP contribution < -0.4 is 5.32 Å². The molecule has 1 aromatic carbocycles. The van der Waals surface area contributed by atoms with Gasteiger partial charge in [0.15, 0.2) is 0 Å². The maximum absolute atomic E-state index is 13.4. The van der Waals surface area contributed by atoms with Crippen molar-refractivity contribution in [2.24, 2.45) is 0 Å². The molecule has 0 saturated heterocycles. The van der Waals surface area contributed by atoms with Crippen LogP contribution in [0.15, 0.2) is 28.8 Å². The Morgan fingerprint density at radius 1 is 1.37 bits per heavy atom. The molecule has 0 radical (unpaired) electrons. The van der Waals surface area contributed by atoms with Gasteiger partial charge in [0.05, 0.1) is 11.4 Å². The van der Waals surface area contributed by atoms with E-state index >= 15 is 0 Å². The standard InChI is InChI=1S/C14H15FN2O2/c1-9-11(10(2)19-17-9)7-8-14(18)16-13-6-4-3-5-12(13)15/h3-6H,7-8H2,1-2H3,(H,16,18). The summed E-state index contributed by atoms with van der Waals surface area (Å²) in [5, 5.41) is 6.37. The van der Waals surface area contributed by atoms with Crippen molar-refractivity contribution in [3.8, 4) is 0 Å². The number of anilines is 1. The number of aromatic nitrogens is 1. The number of nitrogens with one attached hydrogen (secondary N) is 1. The highest BCUT2D eigenvalue weighted by atomic mass is 19.1. The summed E-state index contributed by atoms with van der Waals surface area (Å²) in [5.74, 6) is 0.0504. The van der Waals surface area contributed by atoms with E-state index in [0.717, 1.165) is 17.0 Å². The zero-order valence-corrected chi connectivity index (χ0v) is 10.9. The highest BCUT2D eigenvalue weighted by molar-refractivity contribution is 5.90. The van der Waals surface area contributed by atoms with Gasteiger partial charge in [-0.1, -0.05) is 17.3 Å². The summed E-state index contributed by atoms with van der Waals surface area (Å²) in [6.07, 6.45) is 0.790. The fourth-order valence-corrected chi connectivity index (χ4v) is 1.87. The summed E-state index contributed by atoms with van der Waals surface area (Å²) in [6, 6.07) is 6.09. The molecule has 1 aromatic heterocycles. The Bertz CT molecular complexity index is 573. The first-order valence-corrected chi connectivity index (χ1v) is 6.04. The first-order valence-electron chi connectivity index (χ1n) is 6.04. The van der Waals surface area contributed by atoms with E-state index in [-0.39, 0.29) is 18.0 Å². The van der Waals surface area contributed by atoms with Gasteiger partial charge in [0.25, 0.3) is 0 Å². The lowest BCUT2D eigenvalue weighted by Gasteiger charge is -2.05. The molecule has 0 fully saturated rings. The van der Waals surface area contributed by atoms with Gasteiger partial charge in [0.2, 0.25) is 5.91 Å². The van der Waals surface area contributed by atoms with E-state index in [0.29, 0.717) is 6.42 Å². The average molecular weight is 262 g/mol. The Hall–Kier alpha value is -2.17. The van der Waals surface area contributed by atoms with Crippen LogP contribution in [0.4, 0.5) is 10.1 Å². The lowest BCUT2D eigenvalue weighted by atomic mass is 10.1. The molecule has 0 aliphatic heterocycles. The Morgan fingerprint density at radius 3 is 2.74 bits per heavy atom. The molecule has 2 aromatic rings. The molecule has 0 aliphatic rings. The van der Waals surface area contributed by atoms with Gasteiger partial charge in [0, 0.05) is 12.0 Å². The number of benzene rings is 1. The second kappa shape index (κ2) is 5.65. The van der Waals surface area contributed by atoms with Gasteiger partial charge < -0.3 is 9.84 Å². The molecule has 0 bridgehead atoms. The molecule has 0 aliphatic carbocycles. The minimum atomic E-state index is -0.437. The molecular formula is C14H15FN2O2. The minimum absolute atomic E-state index is 0.200. The SMILES string of the molecule is Cc1noc(C)c1CCC(=O)Nc1ccccc1F. The van der Waals surface area contributed by atoms with Gasteiger partial charge in [-0.25, -0.2) is 4.39 Å². The fraction of sp³-hybridized carbons (Fsp3) is 0.286. The Labute approximate surface area is 110 Å². The number of rotatable bonds is 4. The van der Waals surface area contributed by atoms with Gasteiger partial charge in [-0.2, -0.15) is 0 Å². The molecule has 0 saturated carbocycles. The summed E-state index contributed by atoms with van der Waals surface area (Å²) in [5.41, 5.74) is 1.92. The van der Waals surface area contributed by atoms with Crippen molar-refractivity contribution in [3.05, 3.63) is 47.1 Å². The van der Waals surface area contributed by atoms with Crippen LogP contribution in [0.25, 0.3) is 0 Å². The van der Waals surface area contributed by atoms with Crippen molar-refractivity contribution in [1.82, 2.24) is 5.16 Å². The van der Waals surface area contributed by atoms with E-state index in [1.807, 2.05) is 13.8 Å². The highest BCUT2D eigenvalue weighted by Gasteiger charge is 2.12. The van der Waals surface area contributed by atoms with Crippen molar-refractivity contribution < 1.29 is 13.7 Å². The topological polar surface area (TPSA) is 55.1 Å². The number of carbonyl (C=O) groups is 1. The molecule has 19 heavy (non-hydrogen) atoms. The zero-order chi connectivity index (χ0) is 13.8.